The number of hydrogen-bond acceptors (Lipinski definition) is 4. The zero-order valence-electron chi connectivity index (χ0n) is 22.2. The molecule has 0 bridgehead atoms. The third kappa shape index (κ3) is 6.64. The number of nitrogens with one attached hydrogen (secondary N) is 1. The van der Waals surface area contributed by atoms with Gasteiger partial charge in [0.1, 0.15) is 0 Å². The van der Waals surface area contributed by atoms with Gasteiger partial charge in [0, 0.05) is 35.9 Å². The van der Waals surface area contributed by atoms with Crippen LogP contribution in [0.3, 0.4) is 0 Å². The number of hydrogen-bond donors (Lipinski definition) is 3. The normalized spacial score (nSPS) is 18.2. The van der Waals surface area contributed by atoms with E-state index in [0.29, 0.717) is 35.5 Å². The van der Waals surface area contributed by atoms with E-state index in [9.17, 15) is 14.7 Å². The summed E-state index contributed by atoms with van der Waals surface area (Å²) in [6, 6.07) is 14.1. The molecule has 3 N–H and O–H groups in total. The van der Waals surface area contributed by atoms with Crippen molar-refractivity contribution in [3.05, 3.63) is 95.1 Å². The number of aliphatic hydroxyl groups is 2. The smallest absolute Gasteiger partial charge is 0.264 e. The molecule has 0 saturated carbocycles. The van der Waals surface area contributed by atoms with Crippen LogP contribution in [0.5, 0.6) is 0 Å². The first kappa shape index (κ1) is 28.1. The SMILES string of the molecule is CC(C)=CCC/C(C)=C/CN1C(=O)[C@@](O)([C@@H](C)/C=C/CCO)c2cc(NC(=O)c3ccccc3)ccc21. The van der Waals surface area contributed by atoms with Crippen molar-refractivity contribution < 1.29 is 19.8 Å². The predicted molar refractivity (Wildman–Crippen MR) is 150 cm³/mol. The van der Waals surface area contributed by atoms with Crippen LogP contribution in [0.4, 0.5) is 11.4 Å². The Morgan fingerprint density at radius 3 is 2.49 bits per heavy atom. The molecule has 0 radical (unpaired) electrons. The number of anilines is 2. The number of fused-ring (bicyclic) bond motifs is 1. The Hall–Kier alpha value is -3.48. The Morgan fingerprint density at radius 1 is 1.08 bits per heavy atom. The topological polar surface area (TPSA) is 89.9 Å². The fourth-order valence-corrected chi connectivity index (χ4v) is 4.45. The molecule has 196 valence electrons. The average Bonchev–Trinajstić information content (AvgIpc) is 3.09. The molecule has 6 nitrogen and oxygen atoms in total. The molecule has 2 atom stereocenters. The number of amides is 2. The van der Waals surface area contributed by atoms with Crippen LogP contribution in [-0.4, -0.2) is 35.2 Å². The van der Waals surface area contributed by atoms with Crippen LogP contribution in [0.1, 0.15) is 62.9 Å². The molecule has 3 rings (SSSR count). The Labute approximate surface area is 220 Å². The van der Waals surface area contributed by atoms with Gasteiger partial charge in [0.15, 0.2) is 5.60 Å². The average molecular weight is 503 g/mol. The molecule has 2 amide bonds. The summed E-state index contributed by atoms with van der Waals surface area (Å²) in [6.45, 7) is 8.32. The Morgan fingerprint density at radius 2 is 1.81 bits per heavy atom. The lowest BCUT2D eigenvalue weighted by atomic mass is 9.82. The van der Waals surface area contributed by atoms with Crippen molar-refractivity contribution in [1.29, 1.82) is 0 Å². The van der Waals surface area contributed by atoms with Gasteiger partial charge in [-0.3, -0.25) is 9.59 Å². The molecular weight excluding hydrogens is 464 g/mol. The minimum absolute atomic E-state index is 0.00914. The maximum atomic E-state index is 13.7. The van der Waals surface area contributed by atoms with Crippen molar-refractivity contribution in [2.75, 3.05) is 23.4 Å². The minimum Gasteiger partial charge on any atom is -0.396 e. The zero-order chi connectivity index (χ0) is 27.0. The summed E-state index contributed by atoms with van der Waals surface area (Å²) >= 11 is 0. The van der Waals surface area contributed by atoms with Crippen molar-refractivity contribution in [2.45, 2.75) is 52.6 Å². The fraction of sp³-hybridized carbons (Fsp3) is 0.355. The van der Waals surface area contributed by atoms with Gasteiger partial charge in [-0.15, -0.1) is 0 Å². The lowest BCUT2D eigenvalue weighted by Crippen LogP contribution is -2.44. The van der Waals surface area contributed by atoms with E-state index in [2.05, 4.69) is 32.2 Å². The molecule has 0 unspecified atom stereocenters. The summed E-state index contributed by atoms with van der Waals surface area (Å²) in [4.78, 5) is 28.0. The van der Waals surface area contributed by atoms with Crippen LogP contribution in [0.2, 0.25) is 0 Å². The van der Waals surface area contributed by atoms with E-state index in [1.165, 1.54) is 11.1 Å². The first-order valence-electron chi connectivity index (χ1n) is 12.8. The van der Waals surface area contributed by atoms with E-state index in [1.54, 1.807) is 66.4 Å². The zero-order valence-corrected chi connectivity index (χ0v) is 22.2. The fourth-order valence-electron chi connectivity index (χ4n) is 4.45. The number of nitrogens with zero attached hydrogens (tertiary/aromatic N) is 1. The molecule has 2 aromatic rings. The van der Waals surface area contributed by atoms with Crippen molar-refractivity contribution in [3.8, 4) is 0 Å². The third-order valence-corrected chi connectivity index (χ3v) is 6.66. The van der Waals surface area contributed by atoms with Crippen molar-refractivity contribution in [2.24, 2.45) is 5.92 Å². The van der Waals surface area contributed by atoms with Gasteiger partial charge in [-0.25, -0.2) is 0 Å². The lowest BCUT2D eigenvalue weighted by Gasteiger charge is -2.27. The van der Waals surface area contributed by atoms with Crippen molar-refractivity contribution in [3.63, 3.8) is 0 Å². The Kier molecular flexibility index (Phi) is 9.61. The standard InChI is InChI=1S/C31H38N2O4/c1-22(2)11-10-12-23(3)18-19-33-28-17-16-26(32-29(35)25-14-6-5-7-15-25)21-27(28)31(37,30(33)36)24(4)13-8-9-20-34/h5-8,11,13-18,21,24,34,37H,9-10,12,19-20H2,1-4H3,(H,32,35)/b13-8+,23-18+/t24-,31+/m0/s1. The molecule has 0 spiro atoms. The van der Waals surface area contributed by atoms with Gasteiger partial charge < -0.3 is 20.4 Å². The van der Waals surface area contributed by atoms with Crippen LogP contribution in [0, 0.1) is 5.92 Å². The largest absolute Gasteiger partial charge is 0.396 e. The van der Waals surface area contributed by atoms with E-state index in [-0.39, 0.29) is 12.5 Å². The summed E-state index contributed by atoms with van der Waals surface area (Å²) in [5.41, 5.74) is 2.76. The molecule has 37 heavy (non-hydrogen) atoms. The van der Waals surface area contributed by atoms with Crippen LogP contribution >= 0.6 is 0 Å². The Balaban J connectivity index is 1.93. The van der Waals surface area contributed by atoms with Gasteiger partial charge in [0.25, 0.3) is 11.8 Å². The highest BCUT2D eigenvalue weighted by Crippen LogP contribution is 2.46. The summed E-state index contributed by atoms with van der Waals surface area (Å²) in [6.07, 6.45) is 10.0. The number of benzene rings is 2. The Bertz CT molecular complexity index is 1190. The van der Waals surface area contributed by atoms with Crippen LogP contribution in [0.25, 0.3) is 0 Å². The monoisotopic (exact) mass is 502 g/mol. The molecular formula is C31H38N2O4. The third-order valence-electron chi connectivity index (χ3n) is 6.66. The second-order valence-electron chi connectivity index (χ2n) is 9.83. The summed E-state index contributed by atoms with van der Waals surface area (Å²) in [5, 5.41) is 23.9. The van der Waals surface area contributed by atoms with Crippen molar-refractivity contribution >= 4 is 23.2 Å². The molecule has 1 heterocycles. The molecule has 0 fully saturated rings. The molecule has 0 aliphatic carbocycles. The highest BCUT2D eigenvalue weighted by Gasteiger charge is 2.52. The maximum absolute atomic E-state index is 13.7. The molecule has 0 aromatic heterocycles. The van der Waals surface area contributed by atoms with Gasteiger partial charge in [-0.05, 0) is 70.4 Å². The first-order valence-corrected chi connectivity index (χ1v) is 12.8. The van der Waals surface area contributed by atoms with E-state index < -0.39 is 17.4 Å². The molecule has 1 aliphatic heterocycles. The van der Waals surface area contributed by atoms with E-state index in [0.717, 1.165) is 12.8 Å². The highest BCUT2D eigenvalue weighted by molar-refractivity contribution is 6.09. The lowest BCUT2D eigenvalue weighted by molar-refractivity contribution is -0.139. The molecule has 0 saturated heterocycles. The quantitative estimate of drug-likeness (QED) is 0.342. The number of aliphatic hydroxyl groups excluding tert-OH is 1. The second-order valence-corrected chi connectivity index (χ2v) is 9.83. The summed E-state index contributed by atoms with van der Waals surface area (Å²) < 4.78 is 0. The van der Waals surface area contributed by atoms with Gasteiger partial charge in [-0.2, -0.15) is 0 Å². The van der Waals surface area contributed by atoms with Crippen LogP contribution < -0.4 is 10.2 Å². The van der Waals surface area contributed by atoms with Gasteiger partial charge in [0.05, 0.1) is 5.69 Å². The summed E-state index contributed by atoms with van der Waals surface area (Å²) in [5.74, 6) is -1.21. The van der Waals surface area contributed by atoms with E-state index >= 15 is 0 Å². The molecule has 1 aliphatic rings. The molecule has 6 heteroatoms. The first-order chi connectivity index (χ1) is 17.7. The van der Waals surface area contributed by atoms with E-state index in [1.807, 2.05) is 12.1 Å². The number of carbonyl (C=O) groups excluding carboxylic acids is 2. The second kappa shape index (κ2) is 12.7. The van der Waals surface area contributed by atoms with Gasteiger partial charge >= 0.3 is 0 Å². The summed E-state index contributed by atoms with van der Waals surface area (Å²) in [7, 11) is 0. The minimum atomic E-state index is -1.79. The van der Waals surface area contributed by atoms with Crippen LogP contribution in [0.15, 0.2) is 84.0 Å². The predicted octanol–water partition coefficient (Wildman–Crippen LogP) is 5.74. The number of carbonyl (C=O) groups is 2. The highest BCUT2D eigenvalue weighted by atomic mass is 16.3. The molecule has 2 aromatic carbocycles. The van der Waals surface area contributed by atoms with Gasteiger partial charge in [-0.1, -0.05) is 60.6 Å². The van der Waals surface area contributed by atoms with Crippen molar-refractivity contribution in [1.82, 2.24) is 0 Å². The number of rotatable bonds is 11. The van der Waals surface area contributed by atoms with Gasteiger partial charge in [0.2, 0.25) is 0 Å². The maximum Gasteiger partial charge on any atom is 0.264 e. The number of allylic oxidation sites excluding steroid dienone is 3. The van der Waals surface area contributed by atoms with E-state index in [4.69, 9.17) is 5.11 Å². The van der Waals surface area contributed by atoms with Crippen LogP contribution in [-0.2, 0) is 10.4 Å².